The van der Waals surface area contributed by atoms with Gasteiger partial charge in [-0.2, -0.15) is 0 Å². The summed E-state index contributed by atoms with van der Waals surface area (Å²) in [7, 11) is 1.70. The number of hydrogen-bond donors (Lipinski definition) is 1. The second-order valence-corrected chi connectivity index (χ2v) is 8.20. The Morgan fingerprint density at radius 1 is 1.16 bits per heavy atom. The molecule has 3 rings (SSSR count). The van der Waals surface area contributed by atoms with Gasteiger partial charge in [-0.05, 0) is 69.6 Å². The Morgan fingerprint density at radius 2 is 1.94 bits per heavy atom. The largest absolute Gasteiger partial charge is 0.497 e. The fourth-order valence-electron chi connectivity index (χ4n) is 4.10. The number of guanidine groups is 1. The molecule has 2 aliphatic heterocycles. The van der Waals surface area contributed by atoms with E-state index >= 15 is 0 Å². The SMILES string of the molecule is CCNC(=NCCCc1ccc(OC)cc1)N1CCC(OCC2CCCCO2)CC1.I. The Hall–Kier alpha value is -1.06. The van der Waals surface area contributed by atoms with Crippen molar-refractivity contribution in [2.45, 2.75) is 64.1 Å². The second kappa shape index (κ2) is 14.9. The molecular formula is C24H40IN3O3. The van der Waals surface area contributed by atoms with E-state index in [1.807, 2.05) is 12.1 Å². The van der Waals surface area contributed by atoms with Gasteiger partial charge in [0.05, 0.1) is 25.9 Å². The molecule has 2 saturated heterocycles. The first-order valence-corrected chi connectivity index (χ1v) is 11.7. The topological polar surface area (TPSA) is 55.3 Å². The summed E-state index contributed by atoms with van der Waals surface area (Å²) in [5.74, 6) is 1.95. The number of benzene rings is 1. The van der Waals surface area contributed by atoms with E-state index < -0.39 is 0 Å². The first-order chi connectivity index (χ1) is 14.8. The molecule has 0 bridgehead atoms. The van der Waals surface area contributed by atoms with Gasteiger partial charge in [0.15, 0.2) is 5.96 Å². The van der Waals surface area contributed by atoms with Gasteiger partial charge in [0.1, 0.15) is 5.75 Å². The van der Waals surface area contributed by atoms with Gasteiger partial charge in [-0.25, -0.2) is 0 Å². The maximum absolute atomic E-state index is 6.15. The number of hydrogen-bond acceptors (Lipinski definition) is 4. The van der Waals surface area contributed by atoms with Crippen LogP contribution in [0.4, 0.5) is 0 Å². The Morgan fingerprint density at radius 3 is 2.58 bits per heavy atom. The lowest BCUT2D eigenvalue weighted by atomic mass is 10.1. The average molecular weight is 546 g/mol. The third kappa shape index (κ3) is 9.14. The van der Waals surface area contributed by atoms with E-state index in [-0.39, 0.29) is 24.0 Å². The van der Waals surface area contributed by atoms with Crippen LogP contribution in [0.5, 0.6) is 5.75 Å². The average Bonchev–Trinajstić information content (AvgIpc) is 2.81. The van der Waals surface area contributed by atoms with Gasteiger partial charge in [0, 0.05) is 32.8 Å². The minimum Gasteiger partial charge on any atom is -0.497 e. The zero-order valence-electron chi connectivity index (χ0n) is 19.2. The van der Waals surface area contributed by atoms with Gasteiger partial charge in [-0.1, -0.05) is 12.1 Å². The van der Waals surface area contributed by atoms with E-state index in [2.05, 4.69) is 29.3 Å². The number of methoxy groups -OCH3 is 1. The predicted molar refractivity (Wildman–Crippen MR) is 137 cm³/mol. The van der Waals surface area contributed by atoms with E-state index in [9.17, 15) is 0 Å². The van der Waals surface area contributed by atoms with Gasteiger partial charge >= 0.3 is 0 Å². The van der Waals surface area contributed by atoms with E-state index in [4.69, 9.17) is 19.2 Å². The monoisotopic (exact) mass is 545 g/mol. The fraction of sp³-hybridized carbons (Fsp3) is 0.708. The molecule has 1 N–H and O–H groups in total. The molecule has 7 heteroatoms. The first-order valence-electron chi connectivity index (χ1n) is 11.7. The molecule has 6 nitrogen and oxygen atoms in total. The highest BCUT2D eigenvalue weighted by Gasteiger charge is 2.23. The number of rotatable bonds is 9. The molecule has 0 spiro atoms. The van der Waals surface area contributed by atoms with Crippen LogP contribution in [-0.2, 0) is 15.9 Å². The summed E-state index contributed by atoms with van der Waals surface area (Å²) in [5.41, 5.74) is 1.33. The molecule has 1 aromatic rings. The summed E-state index contributed by atoms with van der Waals surface area (Å²) in [6, 6.07) is 8.32. The lowest BCUT2D eigenvalue weighted by Crippen LogP contribution is -2.47. The van der Waals surface area contributed by atoms with Crippen molar-refractivity contribution in [2.75, 3.05) is 46.5 Å². The molecule has 0 aliphatic carbocycles. The molecule has 1 aromatic carbocycles. The van der Waals surface area contributed by atoms with Crippen LogP contribution in [-0.4, -0.2) is 69.6 Å². The molecule has 1 atom stereocenters. The quantitative estimate of drug-likeness (QED) is 0.218. The van der Waals surface area contributed by atoms with Gasteiger partial charge in [0.2, 0.25) is 0 Å². The Labute approximate surface area is 205 Å². The molecule has 2 fully saturated rings. The summed E-state index contributed by atoms with van der Waals surface area (Å²) in [6.07, 6.45) is 8.47. The van der Waals surface area contributed by atoms with Gasteiger partial charge in [-0.3, -0.25) is 4.99 Å². The summed E-state index contributed by atoms with van der Waals surface area (Å²) in [5, 5.41) is 3.46. The Bertz CT molecular complexity index is 627. The molecule has 0 radical (unpaired) electrons. The first kappa shape index (κ1) is 26.2. The van der Waals surface area contributed by atoms with Crippen LogP contribution in [0.25, 0.3) is 0 Å². The van der Waals surface area contributed by atoms with Crippen LogP contribution >= 0.6 is 24.0 Å². The number of aryl methyl sites for hydroxylation is 1. The second-order valence-electron chi connectivity index (χ2n) is 8.20. The maximum Gasteiger partial charge on any atom is 0.193 e. The van der Waals surface area contributed by atoms with Crippen LogP contribution in [0.1, 0.15) is 51.0 Å². The highest BCUT2D eigenvalue weighted by atomic mass is 127. The van der Waals surface area contributed by atoms with Crippen molar-refractivity contribution in [3.63, 3.8) is 0 Å². The summed E-state index contributed by atoms with van der Waals surface area (Å²) in [4.78, 5) is 7.26. The van der Waals surface area contributed by atoms with Crippen LogP contribution < -0.4 is 10.1 Å². The maximum atomic E-state index is 6.15. The van der Waals surface area contributed by atoms with Gasteiger partial charge in [-0.15, -0.1) is 24.0 Å². The fourth-order valence-corrected chi connectivity index (χ4v) is 4.10. The molecule has 2 heterocycles. The highest BCUT2D eigenvalue weighted by Crippen LogP contribution is 2.18. The molecule has 0 saturated carbocycles. The number of halogens is 1. The number of ether oxygens (including phenoxy) is 3. The summed E-state index contributed by atoms with van der Waals surface area (Å²) >= 11 is 0. The molecule has 2 aliphatic rings. The van der Waals surface area contributed by atoms with Crippen molar-refractivity contribution >= 4 is 29.9 Å². The van der Waals surface area contributed by atoms with Crippen LogP contribution in [0.15, 0.2) is 29.3 Å². The van der Waals surface area contributed by atoms with E-state index in [1.165, 1.54) is 18.4 Å². The number of nitrogens with one attached hydrogen (secondary N) is 1. The van der Waals surface area contributed by atoms with Crippen molar-refractivity contribution in [1.82, 2.24) is 10.2 Å². The lowest BCUT2D eigenvalue weighted by molar-refractivity contribution is -0.0721. The van der Waals surface area contributed by atoms with Gasteiger partial charge < -0.3 is 24.4 Å². The third-order valence-electron chi connectivity index (χ3n) is 5.91. The lowest BCUT2D eigenvalue weighted by Gasteiger charge is -2.35. The van der Waals surface area contributed by atoms with Crippen LogP contribution in [0, 0.1) is 0 Å². The number of likely N-dealkylation sites (tertiary alicyclic amines) is 1. The molecule has 1 unspecified atom stereocenters. The highest BCUT2D eigenvalue weighted by molar-refractivity contribution is 14.0. The Kier molecular flexibility index (Phi) is 12.6. The zero-order chi connectivity index (χ0) is 21.0. The van der Waals surface area contributed by atoms with Crippen molar-refractivity contribution in [1.29, 1.82) is 0 Å². The predicted octanol–water partition coefficient (Wildman–Crippen LogP) is 4.26. The summed E-state index contributed by atoms with van der Waals surface area (Å²) < 4.78 is 17.2. The van der Waals surface area contributed by atoms with Crippen molar-refractivity contribution in [2.24, 2.45) is 4.99 Å². The molecule has 0 aromatic heterocycles. The molecule has 31 heavy (non-hydrogen) atoms. The van der Waals surface area contributed by atoms with E-state index in [1.54, 1.807) is 7.11 Å². The number of piperidine rings is 1. The van der Waals surface area contributed by atoms with Crippen molar-refractivity contribution in [3.05, 3.63) is 29.8 Å². The van der Waals surface area contributed by atoms with Gasteiger partial charge in [0.25, 0.3) is 0 Å². The molecule has 176 valence electrons. The van der Waals surface area contributed by atoms with Crippen molar-refractivity contribution in [3.8, 4) is 5.75 Å². The Balaban J connectivity index is 0.00000341. The molecule has 0 amide bonds. The smallest absolute Gasteiger partial charge is 0.193 e. The summed E-state index contributed by atoms with van der Waals surface area (Å²) in [6.45, 7) is 7.52. The number of aliphatic imine (C=N–C) groups is 1. The minimum absolute atomic E-state index is 0. The molecular weight excluding hydrogens is 505 g/mol. The third-order valence-corrected chi connectivity index (χ3v) is 5.91. The van der Waals surface area contributed by atoms with Crippen molar-refractivity contribution < 1.29 is 14.2 Å². The van der Waals surface area contributed by atoms with Crippen LogP contribution in [0.2, 0.25) is 0 Å². The zero-order valence-corrected chi connectivity index (χ0v) is 21.5. The minimum atomic E-state index is 0. The van der Waals surface area contributed by atoms with E-state index in [0.29, 0.717) is 12.2 Å². The normalized spacial score (nSPS) is 20.3. The van der Waals surface area contributed by atoms with Crippen LogP contribution in [0.3, 0.4) is 0 Å². The standard InChI is InChI=1S/C24H39N3O3.HI/c1-3-25-24(26-15-6-7-20-9-11-21(28-2)12-10-20)27-16-13-22(14-17-27)30-19-23-8-4-5-18-29-23;/h9-12,22-23H,3-8,13-19H2,1-2H3,(H,25,26);1H. The number of nitrogens with zero attached hydrogens (tertiary/aromatic N) is 2. The van der Waals surface area contributed by atoms with E-state index in [0.717, 1.165) is 83.2 Å².